The Balaban J connectivity index is 1.62. The number of carbonyl (C=O) groups excluding carboxylic acids is 3. The van der Waals surface area contributed by atoms with Crippen LogP contribution in [0.3, 0.4) is 0 Å². The quantitative estimate of drug-likeness (QED) is 0.555. The van der Waals surface area contributed by atoms with Crippen LogP contribution in [-0.2, 0) is 27.2 Å². The fraction of sp³-hybridized carbons (Fsp3) is 0.320. The molecule has 33 heavy (non-hydrogen) atoms. The predicted molar refractivity (Wildman–Crippen MR) is 129 cm³/mol. The second kappa shape index (κ2) is 11.7. The zero-order valence-corrected chi connectivity index (χ0v) is 19.6. The third-order valence-corrected chi connectivity index (χ3v) is 6.09. The van der Waals surface area contributed by atoms with Crippen LogP contribution in [0.2, 0.25) is 10.0 Å². The Bertz CT molecular complexity index is 1050. The first-order valence-electron chi connectivity index (χ1n) is 10.7. The average Bonchev–Trinajstić information content (AvgIpc) is 2.79. The van der Waals surface area contributed by atoms with Crippen molar-refractivity contribution in [3.8, 4) is 12.3 Å². The summed E-state index contributed by atoms with van der Waals surface area (Å²) >= 11 is 12.2. The minimum Gasteiger partial charge on any atom is -0.356 e. The van der Waals surface area contributed by atoms with Crippen molar-refractivity contribution >= 4 is 40.9 Å². The van der Waals surface area contributed by atoms with Gasteiger partial charge in [-0.15, -0.1) is 6.42 Å². The molecule has 1 fully saturated rings. The Kier molecular flexibility index (Phi) is 8.76. The first-order chi connectivity index (χ1) is 15.9. The van der Waals surface area contributed by atoms with Gasteiger partial charge in [0, 0.05) is 23.1 Å². The smallest absolute Gasteiger partial charge is 0.246 e. The summed E-state index contributed by atoms with van der Waals surface area (Å²) in [6.07, 6.45) is 6.40. The summed E-state index contributed by atoms with van der Waals surface area (Å²) in [5.41, 5.74) is 1.92. The normalized spacial score (nSPS) is 16.0. The lowest BCUT2D eigenvalue weighted by Gasteiger charge is -2.39. The van der Waals surface area contributed by atoms with Gasteiger partial charge in [0.1, 0.15) is 6.04 Å². The van der Waals surface area contributed by atoms with Gasteiger partial charge in [-0.2, -0.15) is 0 Å². The van der Waals surface area contributed by atoms with Gasteiger partial charge < -0.3 is 15.1 Å². The summed E-state index contributed by atoms with van der Waals surface area (Å²) in [6, 6.07) is 14.0. The monoisotopic (exact) mass is 485 g/mol. The van der Waals surface area contributed by atoms with Crippen molar-refractivity contribution in [3.63, 3.8) is 0 Å². The summed E-state index contributed by atoms with van der Waals surface area (Å²) in [5.74, 6) is 1.53. The SMILES string of the molecule is C#CCN1C(=O)CN(CCc2ccc(Cl)cc2Cl)C(=O)C1CC(=O)NCCc1ccccc1. The van der Waals surface area contributed by atoms with E-state index in [1.54, 1.807) is 18.2 Å². The Morgan fingerprint density at radius 3 is 2.58 bits per heavy atom. The number of terminal acetylenes is 1. The molecule has 1 heterocycles. The second-order valence-electron chi connectivity index (χ2n) is 7.78. The number of hydrogen-bond acceptors (Lipinski definition) is 3. The highest BCUT2D eigenvalue weighted by Crippen LogP contribution is 2.22. The molecular formula is C25H25Cl2N3O3. The number of nitrogens with zero attached hydrogens (tertiary/aromatic N) is 2. The molecule has 0 spiro atoms. The predicted octanol–water partition coefficient (Wildman–Crippen LogP) is 2.96. The van der Waals surface area contributed by atoms with Crippen molar-refractivity contribution in [2.75, 3.05) is 26.2 Å². The third-order valence-electron chi connectivity index (χ3n) is 5.50. The summed E-state index contributed by atoms with van der Waals surface area (Å²) < 4.78 is 0. The molecule has 1 N–H and O–H groups in total. The fourth-order valence-corrected chi connectivity index (χ4v) is 4.25. The van der Waals surface area contributed by atoms with Crippen LogP contribution in [0.15, 0.2) is 48.5 Å². The van der Waals surface area contributed by atoms with Crippen LogP contribution in [-0.4, -0.2) is 59.7 Å². The lowest BCUT2D eigenvalue weighted by Crippen LogP contribution is -2.61. The van der Waals surface area contributed by atoms with Crippen LogP contribution in [0.1, 0.15) is 17.5 Å². The molecule has 0 aliphatic carbocycles. The lowest BCUT2D eigenvalue weighted by atomic mass is 10.0. The maximum Gasteiger partial charge on any atom is 0.246 e. The summed E-state index contributed by atoms with van der Waals surface area (Å²) in [5, 5.41) is 3.86. The van der Waals surface area contributed by atoms with Crippen molar-refractivity contribution in [2.24, 2.45) is 0 Å². The molecular weight excluding hydrogens is 461 g/mol. The Morgan fingerprint density at radius 2 is 1.88 bits per heavy atom. The minimum atomic E-state index is -0.931. The molecule has 0 saturated carbocycles. The van der Waals surface area contributed by atoms with E-state index < -0.39 is 6.04 Å². The van der Waals surface area contributed by atoms with Crippen molar-refractivity contribution in [1.82, 2.24) is 15.1 Å². The molecule has 2 aromatic carbocycles. The van der Waals surface area contributed by atoms with Gasteiger partial charge in [0.15, 0.2) is 0 Å². The molecule has 1 unspecified atom stereocenters. The molecule has 3 amide bonds. The molecule has 0 aromatic heterocycles. The van der Waals surface area contributed by atoms with E-state index in [0.29, 0.717) is 36.0 Å². The lowest BCUT2D eigenvalue weighted by molar-refractivity contribution is -0.156. The van der Waals surface area contributed by atoms with Gasteiger partial charge in [-0.1, -0.05) is 65.5 Å². The summed E-state index contributed by atoms with van der Waals surface area (Å²) in [6.45, 7) is 0.620. The molecule has 2 aromatic rings. The number of nitrogens with one attached hydrogen (secondary N) is 1. The molecule has 1 saturated heterocycles. The standard InChI is InChI=1S/C25H25Cl2N3O3/c1-2-13-30-22(16-23(31)28-12-10-18-6-4-3-5-7-18)25(33)29(17-24(30)32)14-11-19-8-9-20(26)15-21(19)27/h1,3-9,15,22H,10-14,16-17H2,(H,28,31). The second-order valence-corrected chi connectivity index (χ2v) is 8.62. The van der Waals surface area contributed by atoms with E-state index in [4.69, 9.17) is 29.6 Å². The van der Waals surface area contributed by atoms with E-state index >= 15 is 0 Å². The largest absolute Gasteiger partial charge is 0.356 e. The van der Waals surface area contributed by atoms with Crippen molar-refractivity contribution < 1.29 is 14.4 Å². The average molecular weight is 486 g/mol. The van der Waals surface area contributed by atoms with Crippen LogP contribution < -0.4 is 5.32 Å². The van der Waals surface area contributed by atoms with E-state index in [9.17, 15) is 14.4 Å². The molecule has 0 radical (unpaired) electrons. The Labute approximate surface area is 203 Å². The fourth-order valence-electron chi connectivity index (χ4n) is 3.75. The highest BCUT2D eigenvalue weighted by molar-refractivity contribution is 6.35. The van der Waals surface area contributed by atoms with Crippen molar-refractivity contribution in [2.45, 2.75) is 25.3 Å². The highest BCUT2D eigenvalue weighted by Gasteiger charge is 2.39. The van der Waals surface area contributed by atoms with Crippen LogP contribution >= 0.6 is 23.2 Å². The summed E-state index contributed by atoms with van der Waals surface area (Å²) in [4.78, 5) is 41.2. The van der Waals surface area contributed by atoms with Gasteiger partial charge >= 0.3 is 0 Å². The van der Waals surface area contributed by atoms with Crippen LogP contribution in [0.25, 0.3) is 0 Å². The zero-order chi connectivity index (χ0) is 23.8. The Morgan fingerprint density at radius 1 is 1.12 bits per heavy atom. The molecule has 1 atom stereocenters. The van der Waals surface area contributed by atoms with Crippen LogP contribution in [0, 0.1) is 12.3 Å². The molecule has 8 heteroatoms. The molecule has 172 valence electrons. The maximum atomic E-state index is 13.2. The van der Waals surface area contributed by atoms with Crippen molar-refractivity contribution in [3.05, 3.63) is 69.7 Å². The van der Waals surface area contributed by atoms with Gasteiger partial charge in [-0.25, -0.2) is 0 Å². The van der Waals surface area contributed by atoms with Gasteiger partial charge in [0.05, 0.1) is 19.5 Å². The van der Waals surface area contributed by atoms with Gasteiger partial charge in [0.25, 0.3) is 0 Å². The first kappa shape index (κ1) is 24.6. The van der Waals surface area contributed by atoms with Crippen LogP contribution in [0.4, 0.5) is 0 Å². The molecule has 1 aliphatic heterocycles. The number of carbonyl (C=O) groups is 3. The van der Waals surface area contributed by atoms with E-state index in [-0.39, 0.29) is 37.2 Å². The Hall–Kier alpha value is -3.01. The topological polar surface area (TPSA) is 69.7 Å². The number of piperazine rings is 1. The van der Waals surface area contributed by atoms with Crippen molar-refractivity contribution in [1.29, 1.82) is 0 Å². The van der Waals surface area contributed by atoms with Gasteiger partial charge in [-0.3, -0.25) is 14.4 Å². The molecule has 6 nitrogen and oxygen atoms in total. The molecule has 0 bridgehead atoms. The van der Waals surface area contributed by atoms with Gasteiger partial charge in [-0.05, 0) is 36.1 Å². The zero-order valence-electron chi connectivity index (χ0n) is 18.1. The number of amides is 3. The van der Waals surface area contributed by atoms with E-state index in [1.807, 2.05) is 30.3 Å². The summed E-state index contributed by atoms with van der Waals surface area (Å²) in [7, 11) is 0. The maximum absolute atomic E-state index is 13.2. The van der Waals surface area contributed by atoms with E-state index in [2.05, 4.69) is 11.2 Å². The first-order valence-corrected chi connectivity index (χ1v) is 11.4. The molecule has 3 rings (SSSR count). The van der Waals surface area contributed by atoms with Crippen LogP contribution in [0.5, 0.6) is 0 Å². The van der Waals surface area contributed by atoms with E-state index in [1.165, 1.54) is 9.80 Å². The number of halogens is 2. The third kappa shape index (κ3) is 6.74. The number of rotatable bonds is 9. The number of benzene rings is 2. The molecule has 1 aliphatic rings. The van der Waals surface area contributed by atoms with E-state index in [0.717, 1.165) is 11.1 Å². The highest BCUT2D eigenvalue weighted by atomic mass is 35.5. The number of hydrogen-bond donors (Lipinski definition) is 1. The minimum absolute atomic E-state index is 0.0244. The van der Waals surface area contributed by atoms with Gasteiger partial charge in [0.2, 0.25) is 17.7 Å².